The Morgan fingerprint density at radius 2 is 1.97 bits per heavy atom. The molecule has 1 fully saturated rings. The molecule has 1 saturated carbocycles. The van der Waals surface area contributed by atoms with Gasteiger partial charge in [-0.2, -0.15) is 0 Å². The Bertz CT molecular complexity index is 1020. The zero-order valence-corrected chi connectivity index (χ0v) is 16.5. The van der Waals surface area contributed by atoms with Crippen LogP contribution in [0.4, 0.5) is 15.8 Å². The molecule has 1 aliphatic heterocycles. The molecule has 1 heterocycles. The van der Waals surface area contributed by atoms with Crippen LogP contribution in [0.5, 0.6) is 0 Å². The van der Waals surface area contributed by atoms with Crippen LogP contribution in [0.3, 0.4) is 0 Å². The number of hydrogen-bond donors (Lipinski definition) is 0. The highest BCUT2D eigenvalue weighted by Crippen LogP contribution is 2.42. The molecule has 1 amide bonds. The number of carbonyl (C=O) groups is 2. The number of ether oxygens (including phenoxy) is 1. The monoisotopic (exact) mass is 412 g/mol. The zero-order chi connectivity index (χ0) is 21.4. The van der Waals surface area contributed by atoms with Gasteiger partial charge in [0, 0.05) is 35.8 Å². The Morgan fingerprint density at radius 3 is 2.57 bits per heavy atom. The van der Waals surface area contributed by atoms with Crippen molar-refractivity contribution in [3.05, 3.63) is 57.9 Å². The van der Waals surface area contributed by atoms with Gasteiger partial charge in [-0.15, -0.1) is 0 Å². The molecule has 0 bridgehead atoms. The van der Waals surface area contributed by atoms with E-state index in [4.69, 9.17) is 4.74 Å². The number of nitro benzene ring substituents is 1. The first kappa shape index (κ1) is 20.0. The Labute approximate surface area is 172 Å². The summed E-state index contributed by atoms with van der Waals surface area (Å²) in [4.78, 5) is 36.7. The van der Waals surface area contributed by atoms with E-state index in [0.717, 1.165) is 12.8 Å². The van der Waals surface area contributed by atoms with Crippen molar-refractivity contribution in [3.8, 4) is 11.1 Å². The largest absolute Gasteiger partial charge is 0.465 e. The van der Waals surface area contributed by atoms with E-state index in [2.05, 4.69) is 0 Å². The van der Waals surface area contributed by atoms with Crippen LogP contribution in [0.2, 0.25) is 0 Å². The summed E-state index contributed by atoms with van der Waals surface area (Å²) in [5.74, 6) is -1.48. The molecule has 156 valence electrons. The fraction of sp³-hybridized carbons (Fsp3) is 0.364. The molecular weight excluding hydrogens is 391 g/mol. The highest BCUT2D eigenvalue weighted by atomic mass is 19.1. The molecule has 0 radical (unpaired) electrons. The minimum atomic E-state index is -0.529. The van der Waals surface area contributed by atoms with E-state index in [1.54, 1.807) is 17.9 Å². The number of benzene rings is 2. The number of halogens is 1. The molecule has 2 aromatic carbocycles. The first-order valence-electron chi connectivity index (χ1n) is 9.95. The predicted molar refractivity (Wildman–Crippen MR) is 107 cm³/mol. The van der Waals surface area contributed by atoms with Crippen molar-refractivity contribution in [3.63, 3.8) is 0 Å². The van der Waals surface area contributed by atoms with Crippen molar-refractivity contribution in [2.75, 3.05) is 11.5 Å². The third kappa shape index (κ3) is 3.77. The molecule has 1 unspecified atom stereocenters. The quantitative estimate of drug-likeness (QED) is 0.406. The fourth-order valence-corrected chi connectivity index (χ4v) is 3.78. The average molecular weight is 412 g/mol. The van der Waals surface area contributed by atoms with Crippen LogP contribution in [-0.2, 0) is 20.7 Å². The molecule has 30 heavy (non-hydrogen) atoms. The molecule has 2 aromatic rings. The van der Waals surface area contributed by atoms with Gasteiger partial charge in [0.15, 0.2) is 0 Å². The number of nitrogens with zero attached hydrogens (tertiary/aromatic N) is 2. The average Bonchev–Trinajstić information content (AvgIpc) is 3.57. The number of amides is 1. The minimum Gasteiger partial charge on any atom is -0.465 e. The van der Waals surface area contributed by atoms with Gasteiger partial charge in [-0.25, -0.2) is 4.39 Å². The highest BCUT2D eigenvalue weighted by Gasteiger charge is 2.42. The van der Waals surface area contributed by atoms with Crippen LogP contribution >= 0.6 is 0 Å². The van der Waals surface area contributed by atoms with Gasteiger partial charge in [-0.1, -0.05) is 6.92 Å². The number of hydrogen-bond acceptors (Lipinski definition) is 5. The van der Waals surface area contributed by atoms with Crippen molar-refractivity contribution in [1.29, 1.82) is 0 Å². The van der Waals surface area contributed by atoms with Crippen LogP contribution in [0.1, 0.15) is 31.7 Å². The SMILES string of the molecule is CCC(=O)OCC1Cc2cc(F)c(-c3ccc([N+](=O)[O-])cc3)cc2N(C2CC2)C1=O. The zero-order valence-electron chi connectivity index (χ0n) is 16.5. The van der Waals surface area contributed by atoms with E-state index in [-0.39, 0.29) is 42.2 Å². The molecule has 1 aliphatic carbocycles. The molecule has 4 rings (SSSR count). The summed E-state index contributed by atoms with van der Waals surface area (Å²) < 4.78 is 20.1. The predicted octanol–water partition coefficient (Wildman–Crippen LogP) is 4.02. The number of anilines is 1. The molecular formula is C22H21FN2O5. The van der Waals surface area contributed by atoms with E-state index in [1.165, 1.54) is 30.3 Å². The number of rotatable bonds is 6. The van der Waals surface area contributed by atoms with Gasteiger partial charge < -0.3 is 9.64 Å². The summed E-state index contributed by atoms with van der Waals surface area (Å²) in [6.07, 6.45) is 2.27. The highest BCUT2D eigenvalue weighted by molar-refractivity contribution is 6.00. The maximum Gasteiger partial charge on any atom is 0.305 e. The lowest BCUT2D eigenvalue weighted by atomic mass is 9.89. The number of esters is 1. The Kier molecular flexibility index (Phi) is 5.24. The summed E-state index contributed by atoms with van der Waals surface area (Å²) in [5.41, 5.74) is 2.08. The summed E-state index contributed by atoms with van der Waals surface area (Å²) in [6.45, 7) is 1.67. The Balaban J connectivity index is 1.69. The second-order valence-corrected chi connectivity index (χ2v) is 7.64. The van der Waals surface area contributed by atoms with Crippen molar-refractivity contribution >= 4 is 23.3 Å². The lowest BCUT2D eigenvalue weighted by Gasteiger charge is -2.34. The van der Waals surface area contributed by atoms with Gasteiger partial charge in [-0.05, 0) is 54.7 Å². The molecule has 0 aromatic heterocycles. The van der Waals surface area contributed by atoms with Gasteiger partial charge in [-0.3, -0.25) is 19.7 Å². The van der Waals surface area contributed by atoms with E-state index >= 15 is 0 Å². The smallest absolute Gasteiger partial charge is 0.305 e. The molecule has 0 N–H and O–H groups in total. The van der Waals surface area contributed by atoms with Crippen molar-refractivity contribution in [1.82, 2.24) is 0 Å². The number of carbonyl (C=O) groups excluding carboxylic acids is 2. The van der Waals surface area contributed by atoms with Crippen LogP contribution in [0.15, 0.2) is 36.4 Å². The van der Waals surface area contributed by atoms with Crippen LogP contribution in [-0.4, -0.2) is 29.4 Å². The first-order chi connectivity index (χ1) is 14.4. The van der Waals surface area contributed by atoms with Crippen LogP contribution in [0, 0.1) is 21.8 Å². The first-order valence-corrected chi connectivity index (χ1v) is 9.95. The standard InChI is InChI=1S/C22H21FN2O5/c1-2-21(26)30-12-15-9-14-10-19(23)18(13-3-5-17(6-4-13)25(28)29)11-20(14)24(22(15)27)16-7-8-16/h3-6,10-11,15-16H,2,7-9,12H2,1H3. The third-order valence-electron chi connectivity index (χ3n) is 5.52. The molecule has 1 atom stereocenters. The van der Waals surface area contributed by atoms with Gasteiger partial charge in [0.05, 0.1) is 10.8 Å². The van der Waals surface area contributed by atoms with Crippen LogP contribution < -0.4 is 4.90 Å². The van der Waals surface area contributed by atoms with E-state index < -0.39 is 16.7 Å². The summed E-state index contributed by atoms with van der Waals surface area (Å²) >= 11 is 0. The molecule has 2 aliphatic rings. The molecule has 7 nitrogen and oxygen atoms in total. The second-order valence-electron chi connectivity index (χ2n) is 7.64. The van der Waals surface area contributed by atoms with E-state index in [0.29, 0.717) is 23.2 Å². The number of non-ortho nitro benzene ring substituents is 1. The van der Waals surface area contributed by atoms with Crippen LogP contribution in [0.25, 0.3) is 11.1 Å². The van der Waals surface area contributed by atoms with Crippen molar-refractivity contribution in [2.24, 2.45) is 5.92 Å². The van der Waals surface area contributed by atoms with E-state index in [1.807, 2.05) is 0 Å². The molecule has 8 heteroatoms. The second kappa shape index (κ2) is 7.85. The lowest BCUT2D eigenvalue weighted by Crippen LogP contribution is -2.44. The van der Waals surface area contributed by atoms with Gasteiger partial charge in [0.1, 0.15) is 12.4 Å². The summed E-state index contributed by atoms with van der Waals surface area (Å²) in [6, 6.07) is 8.80. The fourth-order valence-electron chi connectivity index (χ4n) is 3.78. The summed E-state index contributed by atoms with van der Waals surface area (Å²) in [7, 11) is 0. The van der Waals surface area contributed by atoms with Crippen molar-refractivity contribution in [2.45, 2.75) is 38.6 Å². The number of fused-ring (bicyclic) bond motifs is 1. The lowest BCUT2D eigenvalue weighted by molar-refractivity contribution is -0.384. The molecule has 0 saturated heterocycles. The third-order valence-corrected chi connectivity index (χ3v) is 5.52. The molecule has 0 spiro atoms. The van der Waals surface area contributed by atoms with Gasteiger partial charge >= 0.3 is 5.97 Å². The minimum absolute atomic E-state index is 0.0140. The maximum atomic E-state index is 14.9. The van der Waals surface area contributed by atoms with Crippen molar-refractivity contribution < 1.29 is 23.6 Å². The Hall–Kier alpha value is -3.29. The summed E-state index contributed by atoms with van der Waals surface area (Å²) in [5, 5.41) is 10.9. The Morgan fingerprint density at radius 1 is 1.27 bits per heavy atom. The van der Waals surface area contributed by atoms with Gasteiger partial charge in [0.25, 0.3) is 5.69 Å². The topological polar surface area (TPSA) is 89.8 Å². The van der Waals surface area contributed by atoms with Gasteiger partial charge in [0.2, 0.25) is 5.91 Å². The maximum absolute atomic E-state index is 14.9. The number of nitro groups is 1. The van der Waals surface area contributed by atoms with E-state index in [9.17, 15) is 24.1 Å². The normalized spacial score (nSPS) is 18.1.